The Hall–Kier alpha value is -3.04. The molecular weight excluding hydrogens is 567 g/mol. The maximum Gasteiger partial charge on any atom is 0.250 e. The van der Waals surface area contributed by atoms with Gasteiger partial charge in [-0.1, -0.05) is 47.8 Å². The van der Waals surface area contributed by atoms with Gasteiger partial charge in [-0.15, -0.1) is 0 Å². The van der Waals surface area contributed by atoms with Crippen LogP contribution in [0.2, 0.25) is 15.1 Å². The summed E-state index contributed by atoms with van der Waals surface area (Å²) >= 11 is 24.1. The summed E-state index contributed by atoms with van der Waals surface area (Å²) < 4.78 is 5.76. The topological polar surface area (TPSA) is 77.8 Å². The smallest absolute Gasteiger partial charge is 0.250 e. The average Bonchev–Trinajstić information content (AvgIpc) is 3.37. The molecule has 2 aromatic carbocycles. The number of furan rings is 1. The molecule has 7 nitrogen and oxygen atoms in total. The third-order valence-electron chi connectivity index (χ3n) is 5.96. The zero-order chi connectivity index (χ0) is 27.2. The molecule has 11 heteroatoms. The molecule has 4 rings (SSSR count). The summed E-state index contributed by atoms with van der Waals surface area (Å²) in [6.45, 7) is 4.63. The van der Waals surface area contributed by atoms with Gasteiger partial charge < -0.3 is 19.5 Å². The second-order valence-electron chi connectivity index (χ2n) is 8.47. The van der Waals surface area contributed by atoms with E-state index in [2.05, 4.69) is 15.5 Å². The van der Waals surface area contributed by atoms with Crippen molar-refractivity contribution in [1.82, 2.24) is 10.2 Å². The van der Waals surface area contributed by atoms with Crippen molar-refractivity contribution in [2.75, 3.05) is 36.4 Å². The first-order valence-corrected chi connectivity index (χ1v) is 13.5. The van der Waals surface area contributed by atoms with Gasteiger partial charge in [0.25, 0.3) is 0 Å². The van der Waals surface area contributed by atoms with E-state index in [4.69, 9.17) is 51.4 Å². The summed E-state index contributed by atoms with van der Waals surface area (Å²) in [5.74, 6) is 0.735. The van der Waals surface area contributed by atoms with Gasteiger partial charge in [-0.3, -0.25) is 14.9 Å². The van der Waals surface area contributed by atoms with Gasteiger partial charge >= 0.3 is 0 Å². The third-order valence-corrected chi connectivity index (χ3v) is 7.29. The molecule has 2 N–H and O–H groups in total. The summed E-state index contributed by atoms with van der Waals surface area (Å²) in [6, 6.07) is 14.2. The van der Waals surface area contributed by atoms with E-state index in [9.17, 15) is 9.59 Å². The lowest BCUT2D eigenvalue weighted by Gasteiger charge is -2.36. The molecule has 0 atom stereocenters. The van der Waals surface area contributed by atoms with Crippen molar-refractivity contribution in [3.63, 3.8) is 0 Å². The Labute approximate surface area is 241 Å². The molecule has 0 unspecified atom stereocenters. The molecule has 0 aliphatic carbocycles. The number of carbonyl (C=O) groups is 2. The summed E-state index contributed by atoms with van der Waals surface area (Å²) in [6.07, 6.45) is 3.35. The Morgan fingerprint density at radius 2 is 1.79 bits per heavy atom. The van der Waals surface area contributed by atoms with E-state index < -0.39 is 5.91 Å². The van der Waals surface area contributed by atoms with Gasteiger partial charge in [0.15, 0.2) is 5.11 Å². The molecule has 1 aliphatic heterocycles. The number of thiocarbonyl (C=S) groups is 1. The molecule has 2 amide bonds. The highest BCUT2D eigenvalue weighted by Gasteiger charge is 2.21. The number of benzene rings is 2. The van der Waals surface area contributed by atoms with Crippen LogP contribution in [-0.4, -0.2) is 48.0 Å². The van der Waals surface area contributed by atoms with Gasteiger partial charge in [0, 0.05) is 49.9 Å². The lowest BCUT2D eigenvalue weighted by atomic mass is 10.2. The molecule has 0 bridgehead atoms. The monoisotopic (exact) mass is 590 g/mol. The molecule has 38 heavy (non-hydrogen) atoms. The minimum atomic E-state index is -0.427. The highest BCUT2D eigenvalue weighted by Crippen LogP contribution is 2.34. The Morgan fingerprint density at radius 3 is 2.50 bits per heavy atom. The number of halogens is 3. The summed E-state index contributed by atoms with van der Waals surface area (Å²) in [5.41, 5.74) is 2.18. The number of anilines is 2. The van der Waals surface area contributed by atoms with Crippen LogP contribution >= 0.6 is 47.0 Å². The van der Waals surface area contributed by atoms with Crippen LogP contribution in [0.25, 0.3) is 17.4 Å². The molecular formula is C27H25Cl3N4O3S. The first-order valence-electron chi connectivity index (χ1n) is 11.9. The highest BCUT2D eigenvalue weighted by molar-refractivity contribution is 7.80. The van der Waals surface area contributed by atoms with Crippen molar-refractivity contribution in [1.29, 1.82) is 0 Å². The number of rotatable bonds is 6. The van der Waals surface area contributed by atoms with E-state index in [1.54, 1.807) is 36.4 Å². The van der Waals surface area contributed by atoms with Crippen LogP contribution in [0, 0.1) is 0 Å². The van der Waals surface area contributed by atoms with Crippen LogP contribution in [0.4, 0.5) is 11.4 Å². The molecule has 1 fully saturated rings. The Balaban J connectivity index is 1.30. The van der Waals surface area contributed by atoms with Crippen molar-refractivity contribution in [2.24, 2.45) is 0 Å². The highest BCUT2D eigenvalue weighted by atomic mass is 35.5. The van der Waals surface area contributed by atoms with Crippen molar-refractivity contribution in [3.8, 4) is 11.3 Å². The summed E-state index contributed by atoms with van der Waals surface area (Å²) in [5, 5.41) is 7.06. The number of nitrogens with one attached hydrogen (secondary N) is 2. The zero-order valence-corrected chi connectivity index (χ0v) is 23.6. The van der Waals surface area contributed by atoms with Gasteiger partial charge in [0.1, 0.15) is 11.5 Å². The van der Waals surface area contributed by atoms with Crippen molar-refractivity contribution >= 4 is 81.4 Å². The van der Waals surface area contributed by atoms with Crippen molar-refractivity contribution in [2.45, 2.75) is 13.3 Å². The zero-order valence-electron chi connectivity index (χ0n) is 20.5. The number of amides is 2. The molecule has 1 aromatic heterocycles. The van der Waals surface area contributed by atoms with E-state index in [-0.39, 0.29) is 11.0 Å². The van der Waals surface area contributed by atoms with Gasteiger partial charge in [-0.05, 0) is 60.8 Å². The fraction of sp³-hybridized carbons (Fsp3) is 0.222. The van der Waals surface area contributed by atoms with E-state index >= 15 is 0 Å². The molecule has 3 aromatic rings. The van der Waals surface area contributed by atoms with Crippen LogP contribution in [-0.2, 0) is 9.59 Å². The molecule has 1 aliphatic rings. The lowest BCUT2D eigenvalue weighted by Crippen LogP contribution is -2.48. The third kappa shape index (κ3) is 6.88. The number of nitrogens with zero attached hydrogens (tertiary/aromatic N) is 2. The second kappa shape index (κ2) is 12.7. The largest absolute Gasteiger partial charge is 0.457 e. The van der Waals surface area contributed by atoms with Gasteiger partial charge in [0.2, 0.25) is 11.8 Å². The number of hydrogen-bond donors (Lipinski definition) is 2. The first kappa shape index (κ1) is 28.0. The predicted molar refractivity (Wildman–Crippen MR) is 158 cm³/mol. The van der Waals surface area contributed by atoms with E-state index in [0.717, 1.165) is 5.69 Å². The Bertz CT molecular complexity index is 1380. The summed E-state index contributed by atoms with van der Waals surface area (Å²) in [4.78, 5) is 28.3. The maximum atomic E-state index is 12.3. The molecule has 1 saturated heterocycles. The Kier molecular flexibility index (Phi) is 9.33. The average molecular weight is 592 g/mol. The van der Waals surface area contributed by atoms with E-state index in [1.807, 2.05) is 24.0 Å². The van der Waals surface area contributed by atoms with Gasteiger partial charge in [-0.2, -0.15) is 0 Å². The molecule has 2 heterocycles. The van der Waals surface area contributed by atoms with Crippen LogP contribution in [0.15, 0.2) is 59.0 Å². The van der Waals surface area contributed by atoms with Crippen LogP contribution in [0.1, 0.15) is 19.1 Å². The maximum absolute atomic E-state index is 12.3. The first-order chi connectivity index (χ1) is 18.2. The second-order valence-corrected chi connectivity index (χ2v) is 10.1. The fourth-order valence-corrected chi connectivity index (χ4v) is 4.93. The quantitative estimate of drug-likeness (QED) is 0.252. The minimum absolute atomic E-state index is 0.126. The molecule has 0 saturated carbocycles. The fourth-order valence-electron chi connectivity index (χ4n) is 4.02. The van der Waals surface area contributed by atoms with Gasteiger partial charge in [0.05, 0.1) is 20.8 Å². The normalized spacial score (nSPS) is 13.6. The molecule has 198 valence electrons. The molecule has 0 radical (unpaired) electrons. The minimum Gasteiger partial charge on any atom is -0.457 e. The standard InChI is InChI=1S/C27H25Cl3N4O3S/c1-2-25(36)34-14-12-33(13-15-34)22-9-6-17(16-21(22)29)31-27(38)32-24(35)11-8-18-7-10-23(37-18)19-4-3-5-20(28)26(19)30/h3-11,16H,2,12-15H2,1H3,(H2,31,32,35,38)/b11-8+. The number of carbonyl (C=O) groups excluding carboxylic acids is 2. The van der Waals surface area contributed by atoms with Gasteiger partial charge in [-0.25, -0.2) is 0 Å². The SMILES string of the molecule is CCC(=O)N1CCN(c2ccc(NC(=S)NC(=O)/C=C/c3ccc(-c4cccc(Cl)c4Cl)o3)cc2Cl)CC1. The van der Waals surface area contributed by atoms with Crippen LogP contribution in [0.5, 0.6) is 0 Å². The van der Waals surface area contributed by atoms with E-state index in [0.29, 0.717) is 70.4 Å². The van der Waals surface area contributed by atoms with E-state index in [1.165, 1.54) is 12.2 Å². The number of piperazine rings is 1. The van der Waals surface area contributed by atoms with Crippen molar-refractivity contribution in [3.05, 3.63) is 75.4 Å². The number of hydrogen-bond acceptors (Lipinski definition) is 5. The Morgan fingerprint density at radius 1 is 1.03 bits per heavy atom. The lowest BCUT2D eigenvalue weighted by molar-refractivity contribution is -0.131. The van der Waals surface area contributed by atoms with Crippen LogP contribution in [0.3, 0.4) is 0 Å². The summed E-state index contributed by atoms with van der Waals surface area (Å²) in [7, 11) is 0. The van der Waals surface area contributed by atoms with Crippen LogP contribution < -0.4 is 15.5 Å². The molecule has 0 spiro atoms. The predicted octanol–water partition coefficient (Wildman–Crippen LogP) is 6.49. The van der Waals surface area contributed by atoms with Crippen molar-refractivity contribution < 1.29 is 14.0 Å².